The van der Waals surface area contributed by atoms with E-state index in [0.29, 0.717) is 6.42 Å². The summed E-state index contributed by atoms with van der Waals surface area (Å²) in [5.74, 6) is 1.96. The molecule has 0 aliphatic heterocycles. The molecule has 2 heterocycles. The first-order valence-corrected chi connectivity index (χ1v) is 5.81. The molecule has 2 aromatic rings. The molecule has 0 fully saturated rings. The number of ether oxygens (including phenoxy) is 1. The fourth-order valence-corrected chi connectivity index (χ4v) is 1.55. The molecule has 0 saturated heterocycles. The number of rotatable bonds is 4. The van der Waals surface area contributed by atoms with Gasteiger partial charge in [-0.05, 0) is 25.1 Å². The van der Waals surface area contributed by atoms with Crippen molar-refractivity contribution < 1.29 is 9.53 Å². The van der Waals surface area contributed by atoms with Crippen molar-refractivity contribution in [3.05, 3.63) is 42.5 Å². The van der Waals surface area contributed by atoms with Gasteiger partial charge in [0.2, 0.25) is 0 Å². The highest BCUT2D eigenvalue weighted by Gasteiger charge is 2.13. The highest BCUT2D eigenvalue weighted by molar-refractivity contribution is 5.87. The molecule has 0 aromatic carbocycles. The van der Waals surface area contributed by atoms with E-state index in [-0.39, 0.29) is 11.8 Å². The molecule has 0 amide bonds. The average molecular weight is 255 g/mol. The highest BCUT2D eigenvalue weighted by Crippen LogP contribution is 2.09. The highest BCUT2D eigenvalue weighted by atomic mass is 16.5. The van der Waals surface area contributed by atoms with E-state index < -0.39 is 5.97 Å². The van der Waals surface area contributed by atoms with Crippen LogP contribution >= 0.6 is 0 Å². The predicted molar refractivity (Wildman–Crippen MR) is 69.7 cm³/mol. The Morgan fingerprint density at radius 2 is 2.42 bits per heavy atom. The summed E-state index contributed by atoms with van der Waals surface area (Å²) < 4.78 is 6.82. The Labute approximate surface area is 111 Å². The summed E-state index contributed by atoms with van der Waals surface area (Å²) >= 11 is 0. The van der Waals surface area contributed by atoms with Crippen LogP contribution in [0.5, 0.6) is 0 Å². The van der Waals surface area contributed by atoms with Gasteiger partial charge in [-0.3, -0.25) is 0 Å². The van der Waals surface area contributed by atoms with Crippen molar-refractivity contribution in [1.82, 2.24) is 14.8 Å². The lowest BCUT2D eigenvalue weighted by molar-refractivity contribution is 0.0345. The van der Waals surface area contributed by atoms with Crippen LogP contribution in [0, 0.1) is 12.3 Å². The van der Waals surface area contributed by atoms with E-state index in [2.05, 4.69) is 16.0 Å². The maximum absolute atomic E-state index is 11.9. The second-order valence-electron chi connectivity index (χ2n) is 3.97. The first-order valence-electron chi connectivity index (χ1n) is 5.81. The van der Waals surface area contributed by atoms with E-state index in [1.807, 2.05) is 0 Å². The molecular formula is C14H13N3O2. The lowest BCUT2D eigenvalue weighted by atomic mass is 10.3. The summed E-state index contributed by atoms with van der Waals surface area (Å²) in [4.78, 5) is 15.9. The lowest BCUT2D eigenvalue weighted by Gasteiger charge is -2.10. The second-order valence-corrected chi connectivity index (χ2v) is 3.97. The maximum Gasteiger partial charge on any atom is 0.357 e. The van der Waals surface area contributed by atoms with Gasteiger partial charge in [-0.25, -0.2) is 14.5 Å². The van der Waals surface area contributed by atoms with Crippen molar-refractivity contribution in [3.8, 4) is 18.0 Å². The summed E-state index contributed by atoms with van der Waals surface area (Å²) in [5.41, 5.74) is 0.980. The maximum atomic E-state index is 11.9. The summed E-state index contributed by atoms with van der Waals surface area (Å²) in [6, 6.07) is 5.18. The normalized spacial score (nSPS) is 11.6. The van der Waals surface area contributed by atoms with E-state index in [9.17, 15) is 4.79 Å². The monoisotopic (exact) mass is 255 g/mol. The molecule has 0 aliphatic rings. The van der Waals surface area contributed by atoms with Gasteiger partial charge in [-0.15, -0.1) is 12.3 Å². The Kier molecular flexibility index (Phi) is 3.94. The zero-order valence-corrected chi connectivity index (χ0v) is 10.5. The van der Waals surface area contributed by atoms with Crippen molar-refractivity contribution in [2.45, 2.75) is 19.4 Å². The molecule has 0 saturated carbocycles. The molecule has 0 spiro atoms. The predicted octanol–water partition coefficient (Wildman–Crippen LogP) is 1.84. The number of hydrogen-bond donors (Lipinski definition) is 0. The van der Waals surface area contributed by atoms with Crippen molar-refractivity contribution in [2.75, 3.05) is 0 Å². The van der Waals surface area contributed by atoms with Crippen LogP contribution in [0.3, 0.4) is 0 Å². The molecule has 0 radical (unpaired) electrons. The molecule has 0 bridgehead atoms. The van der Waals surface area contributed by atoms with Crippen molar-refractivity contribution >= 4 is 5.97 Å². The Morgan fingerprint density at radius 3 is 3.11 bits per heavy atom. The van der Waals surface area contributed by atoms with E-state index >= 15 is 0 Å². The molecular weight excluding hydrogens is 242 g/mol. The van der Waals surface area contributed by atoms with Gasteiger partial charge in [0, 0.05) is 25.0 Å². The van der Waals surface area contributed by atoms with Gasteiger partial charge in [-0.2, -0.15) is 5.10 Å². The minimum atomic E-state index is -0.489. The third kappa shape index (κ3) is 3.19. The van der Waals surface area contributed by atoms with E-state index in [4.69, 9.17) is 11.2 Å². The molecule has 0 N–H and O–H groups in total. The molecule has 1 atom stereocenters. The molecule has 2 aromatic heterocycles. The number of hydrogen-bond acceptors (Lipinski definition) is 4. The van der Waals surface area contributed by atoms with Gasteiger partial charge in [0.25, 0.3) is 0 Å². The summed E-state index contributed by atoms with van der Waals surface area (Å²) in [6.07, 6.45) is 10.2. The van der Waals surface area contributed by atoms with Gasteiger partial charge in [0.05, 0.1) is 5.69 Å². The minimum Gasteiger partial charge on any atom is -0.457 e. The number of esters is 1. The molecule has 19 heavy (non-hydrogen) atoms. The van der Waals surface area contributed by atoms with Crippen molar-refractivity contribution in [3.63, 3.8) is 0 Å². The first-order chi connectivity index (χ1) is 9.20. The van der Waals surface area contributed by atoms with Crippen molar-refractivity contribution in [1.29, 1.82) is 0 Å². The summed E-state index contributed by atoms with van der Waals surface area (Å²) in [7, 11) is 0. The Bertz CT molecular complexity index is 599. The quantitative estimate of drug-likeness (QED) is 0.618. The average Bonchev–Trinajstić information content (AvgIpc) is 2.93. The number of aromatic nitrogens is 3. The summed E-state index contributed by atoms with van der Waals surface area (Å²) in [5, 5.41) is 4.09. The molecule has 0 aliphatic carbocycles. The van der Waals surface area contributed by atoms with Crippen LogP contribution in [0.4, 0.5) is 0 Å². The van der Waals surface area contributed by atoms with Crippen LogP contribution in [0.1, 0.15) is 23.8 Å². The van der Waals surface area contributed by atoms with Gasteiger partial charge in [0.1, 0.15) is 6.10 Å². The van der Waals surface area contributed by atoms with Gasteiger partial charge in [-0.1, -0.05) is 0 Å². The molecule has 5 nitrogen and oxygen atoms in total. The zero-order chi connectivity index (χ0) is 13.7. The lowest BCUT2D eigenvalue weighted by Crippen LogP contribution is -2.16. The van der Waals surface area contributed by atoms with Crippen LogP contribution in [0.15, 0.2) is 36.8 Å². The summed E-state index contributed by atoms with van der Waals surface area (Å²) in [6.45, 7) is 1.75. The van der Waals surface area contributed by atoms with Crippen LogP contribution in [-0.4, -0.2) is 26.8 Å². The minimum absolute atomic E-state index is 0.233. The third-order valence-corrected chi connectivity index (χ3v) is 2.44. The third-order valence-electron chi connectivity index (χ3n) is 2.44. The smallest absolute Gasteiger partial charge is 0.357 e. The van der Waals surface area contributed by atoms with Gasteiger partial charge in [0.15, 0.2) is 5.69 Å². The standard InChI is InChI=1S/C14H13N3O2/c1-3-5-11(2)19-14(18)13-10-12(6-8-15-13)17-9-4-7-16-17/h1,4,6-11H,5H2,2H3/t11-/m1/s1. The largest absolute Gasteiger partial charge is 0.457 e. The SMILES string of the molecule is C#CC[C@@H](C)OC(=O)c1cc(-n2cccn2)ccn1. The fourth-order valence-electron chi connectivity index (χ4n) is 1.55. The molecule has 96 valence electrons. The zero-order valence-electron chi connectivity index (χ0n) is 10.5. The van der Waals surface area contributed by atoms with E-state index in [1.165, 1.54) is 0 Å². The number of carbonyl (C=O) groups excluding carboxylic acids is 1. The molecule has 5 heteroatoms. The number of terminal acetylenes is 1. The Hall–Kier alpha value is -2.61. The number of carbonyl (C=O) groups is 1. The first kappa shape index (κ1) is 12.8. The molecule has 2 rings (SSSR count). The van der Waals surface area contributed by atoms with Crippen LogP contribution in [-0.2, 0) is 4.74 Å². The van der Waals surface area contributed by atoms with Gasteiger partial charge >= 0.3 is 5.97 Å². The Morgan fingerprint density at radius 1 is 1.58 bits per heavy atom. The van der Waals surface area contributed by atoms with E-state index in [1.54, 1.807) is 48.4 Å². The topological polar surface area (TPSA) is 57.0 Å². The van der Waals surface area contributed by atoms with E-state index in [0.717, 1.165) is 5.69 Å². The Balaban J connectivity index is 2.15. The fraction of sp³-hybridized carbons (Fsp3) is 0.214. The number of pyridine rings is 1. The van der Waals surface area contributed by atoms with Crippen LogP contribution in [0.25, 0.3) is 5.69 Å². The van der Waals surface area contributed by atoms with Crippen LogP contribution < -0.4 is 0 Å². The molecule has 0 unspecified atom stereocenters. The second kappa shape index (κ2) is 5.83. The number of nitrogens with zero attached hydrogens (tertiary/aromatic N) is 3. The van der Waals surface area contributed by atoms with Gasteiger partial charge < -0.3 is 4.74 Å². The van der Waals surface area contributed by atoms with Crippen molar-refractivity contribution in [2.24, 2.45) is 0 Å². The van der Waals surface area contributed by atoms with Crippen LogP contribution in [0.2, 0.25) is 0 Å².